The average molecular weight is 458 g/mol. The third-order valence-electron chi connectivity index (χ3n) is 6.60. The Bertz CT molecular complexity index is 1210. The van der Waals surface area contributed by atoms with Crippen molar-refractivity contribution in [2.75, 3.05) is 5.32 Å². The Hall–Kier alpha value is -3.47. The smallest absolute Gasteiger partial charge is 0.256 e. The van der Waals surface area contributed by atoms with Gasteiger partial charge in [-0.3, -0.25) is 4.79 Å². The molecule has 2 aliphatic rings. The number of hydrogen-bond acceptors (Lipinski definition) is 4. The summed E-state index contributed by atoms with van der Waals surface area (Å²) < 4.78 is 18.4. The highest BCUT2D eigenvalue weighted by Crippen LogP contribution is 2.47. The summed E-state index contributed by atoms with van der Waals surface area (Å²) in [4.78, 5) is 13.2. The maximum Gasteiger partial charge on any atom is 0.256 e. The van der Waals surface area contributed by atoms with Crippen LogP contribution in [0.3, 0.4) is 0 Å². The van der Waals surface area contributed by atoms with Crippen LogP contribution in [0.4, 0.5) is 5.69 Å². The Balaban J connectivity index is 1.31. The zero-order valence-corrected chi connectivity index (χ0v) is 20.0. The maximum atomic E-state index is 13.2. The predicted octanol–water partition coefficient (Wildman–Crippen LogP) is 6.99. The summed E-state index contributed by atoms with van der Waals surface area (Å²) in [6, 6.07) is 19.4. The minimum absolute atomic E-state index is 0.179. The van der Waals surface area contributed by atoms with Gasteiger partial charge < -0.3 is 19.5 Å². The monoisotopic (exact) mass is 457 g/mol. The van der Waals surface area contributed by atoms with E-state index in [1.807, 2.05) is 42.5 Å². The number of amides is 1. The normalized spacial score (nSPS) is 15.6. The van der Waals surface area contributed by atoms with Crippen LogP contribution in [0.2, 0.25) is 0 Å². The molecule has 0 saturated heterocycles. The van der Waals surface area contributed by atoms with Gasteiger partial charge in [-0.05, 0) is 61.1 Å². The Morgan fingerprint density at radius 1 is 1.00 bits per heavy atom. The maximum absolute atomic E-state index is 13.2. The van der Waals surface area contributed by atoms with Crippen LogP contribution >= 0.6 is 0 Å². The molecule has 0 radical (unpaired) electrons. The molecule has 3 aromatic carbocycles. The highest BCUT2D eigenvalue weighted by Gasteiger charge is 2.44. The summed E-state index contributed by atoms with van der Waals surface area (Å²) in [6.07, 6.45) is 4.02. The fourth-order valence-electron chi connectivity index (χ4n) is 4.75. The van der Waals surface area contributed by atoms with Crippen molar-refractivity contribution < 1.29 is 19.0 Å². The van der Waals surface area contributed by atoms with Crippen molar-refractivity contribution in [2.24, 2.45) is 0 Å². The van der Waals surface area contributed by atoms with Crippen LogP contribution in [0.1, 0.15) is 72.5 Å². The van der Waals surface area contributed by atoms with Crippen molar-refractivity contribution in [3.8, 4) is 17.2 Å². The molecular weight excluding hydrogens is 426 g/mol. The first-order valence-electron chi connectivity index (χ1n) is 12.1. The molecule has 1 heterocycles. The van der Waals surface area contributed by atoms with Crippen LogP contribution in [0.5, 0.6) is 17.2 Å². The molecule has 0 aromatic heterocycles. The number of fused-ring (bicyclic) bond motifs is 1. The van der Waals surface area contributed by atoms with Gasteiger partial charge in [0.15, 0.2) is 11.5 Å². The fraction of sp³-hybridized carbons (Fsp3) is 0.345. The number of hydrogen-bond donors (Lipinski definition) is 1. The Morgan fingerprint density at radius 2 is 1.76 bits per heavy atom. The van der Waals surface area contributed by atoms with Crippen molar-refractivity contribution in [1.29, 1.82) is 0 Å². The van der Waals surface area contributed by atoms with E-state index in [-0.39, 0.29) is 5.91 Å². The first-order valence-corrected chi connectivity index (χ1v) is 12.1. The van der Waals surface area contributed by atoms with Crippen molar-refractivity contribution >= 4 is 11.6 Å². The standard InChI is InChI=1S/C29H31NO4/c1-19(2)23-12-10-20(3)16-26(23)32-18-21-8-4-5-9-24(21)28(31)30-22-11-13-25-27(17-22)34-29(33-25)14-6-7-15-29/h4-5,8-13,16-17,19H,6-7,14-15,18H2,1-3H3,(H,30,31). The lowest BCUT2D eigenvalue weighted by Gasteiger charge is -2.21. The topological polar surface area (TPSA) is 56.8 Å². The van der Waals surface area contributed by atoms with Gasteiger partial charge >= 0.3 is 0 Å². The molecule has 5 rings (SSSR count). The van der Waals surface area contributed by atoms with E-state index in [1.165, 1.54) is 0 Å². The van der Waals surface area contributed by atoms with Gasteiger partial charge in [-0.2, -0.15) is 0 Å². The summed E-state index contributed by atoms with van der Waals surface area (Å²) >= 11 is 0. The second-order valence-electron chi connectivity index (χ2n) is 9.58. The third-order valence-corrected chi connectivity index (χ3v) is 6.60. The minimum atomic E-state index is -0.514. The first-order chi connectivity index (χ1) is 16.4. The van der Waals surface area contributed by atoms with Crippen molar-refractivity contribution in [2.45, 2.75) is 64.8 Å². The predicted molar refractivity (Wildman–Crippen MR) is 133 cm³/mol. The zero-order chi connectivity index (χ0) is 23.7. The number of nitrogens with one attached hydrogen (secondary N) is 1. The number of carbonyl (C=O) groups excluding carboxylic acids is 1. The quantitative estimate of drug-likeness (QED) is 0.433. The van der Waals surface area contributed by atoms with Gasteiger partial charge in [0.2, 0.25) is 0 Å². The second-order valence-corrected chi connectivity index (χ2v) is 9.58. The van der Waals surface area contributed by atoms with Gasteiger partial charge in [-0.1, -0.05) is 44.2 Å². The molecule has 0 unspecified atom stereocenters. The van der Waals surface area contributed by atoms with E-state index >= 15 is 0 Å². The average Bonchev–Trinajstić information content (AvgIpc) is 3.42. The van der Waals surface area contributed by atoms with Gasteiger partial charge in [-0.15, -0.1) is 0 Å². The number of rotatable bonds is 6. The minimum Gasteiger partial charge on any atom is -0.489 e. The van der Waals surface area contributed by atoms with Gasteiger partial charge in [0.1, 0.15) is 12.4 Å². The summed E-state index contributed by atoms with van der Waals surface area (Å²) in [6.45, 7) is 6.67. The van der Waals surface area contributed by atoms with Crippen LogP contribution in [0.15, 0.2) is 60.7 Å². The summed E-state index contributed by atoms with van der Waals surface area (Å²) in [5.41, 5.74) is 4.41. The number of ether oxygens (including phenoxy) is 3. The lowest BCUT2D eigenvalue weighted by atomic mass is 10.0. The lowest BCUT2D eigenvalue weighted by molar-refractivity contribution is -0.0716. The molecule has 1 spiro atoms. The van der Waals surface area contributed by atoms with Gasteiger partial charge in [0.25, 0.3) is 11.7 Å². The van der Waals surface area contributed by atoms with Crippen molar-refractivity contribution in [3.05, 3.63) is 82.9 Å². The van der Waals surface area contributed by atoms with E-state index in [4.69, 9.17) is 14.2 Å². The molecule has 1 N–H and O–H groups in total. The van der Waals surface area contributed by atoms with E-state index in [1.54, 1.807) is 0 Å². The molecule has 1 aliphatic heterocycles. The first kappa shape index (κ1) is 22.3. The summed E-state index contributed by atoms with van der Waals surface area (Å²) in [5.74, 6) is 1.96. The highest BCUT2D eigenvalue weighted by atomic mass is 16.7. The number of anilines is 1. The van der Waals surface area contributed by atoms with Crippen LogP contribution in [0, 0.1) is 6.92 Å². The molecule has 5 nitrogen and oxygen atoms in total. The molecular formula is C29H31NO4. The van der Waals surface area contributed by atoms with Crippen LogP contribution in [0.25, 0.3) is 0 Å². The van der Waals surface area contributed by atoms with Crippen LogP contribution in [-0.2, 0) is 6.61 Å². The third kappa shape index (κ3) is 4.47. The van der Waals surface area contributed by atoms with Gasteiger partial charge in [0.05, 0.1) is 0 Å². The van der Waals surface area contributed by atoms with E-state index in [0.29, 0.717) is 29.5 Å². The summed E-state index contributed by atoms with van der Waals surface area (Å²) in [7, 11) is 0. The largest absolute Gasteiger partial charge is 0.489 e. The van der Waals surface area contributed by atoms with E-state index in [9.17, 15) is 4.79 Å². The molecule has 3 aromatic rings. The van der Waals surface area contributed by atoms with Crippen LogP contribution in [-0.4, -0.2) is 11.7 Å². The van der Waals surface area contributed by atoms with Gasteiger partial charge in [-0.25, -0.2) is 0 Å². The Kier molecular flexibility index (Phi) is 5.94. The zero-order valence-electron chi connectivity index (χ0n) is 20.0. The Labute approximate surface area is 201 Å². The van der Waals surface area contributed by atoms with E-state index in [2.05, 4.69) is 44.3 Å². The molecule has 176 valence electrons. The number of carbonyl (C=O) groups is 1. The molecule has 1 fully saturated rings. The van der Waals surface area contributed by atoms with E-state index < -0.39 is 5.79 Å². The second kappa shape index (κ2) is 9.05. The SMILES string of the molecule is Cc1ccc(C(C)C)c(OCc2ccccc2C(=O)Nc2ccc3c(c2)OC2(CCCC2)O3)c1. The molecule has 1 saturated carbocycles. The highest BCUT2D eigenvalue weighted by molar-refractivity contribution is 6.05. The van der Waals surface area contributed by atoms with Crippen LogP contribution < -0.4 is 19.5 Å². The number of benzene rings is 3. The van der Waals surface area contributed by atoms with Crippen molar-refractivity contribution in [1.82, 2.24) is 0 Å². The molecule has 0 atom stereocenters. The van der Waals surface area contributed by atoms with Crippen molar-refractivity contribution in [3.63, 3.8) is 0 Å². The molecule has 0 bridgehead atoms. The van der Waals surface area contributed by atoms with E-state index in [0.717, 1.165) is 53.9 Å². The molecule has 1 amide bonds. The lowest BCUT2D eigenvalue weighted by Crippen LogP contribution is -2.34. The fourth-order valence-corrected chi connectivity index (χ4v) is 4.75. The molecule has 34 heavy (non-hydrogen) atoms. The van der Waals surface area contributed by atoms with Gasteiger partial charge in [0, 0.05) is 35.7 Å². The molecule has 1 aliphatic carbocycles. The molecule has 5 heteroatoms. The summed E-state index contributed by atoms with van der Waals surface area (Å²) in [5, 5.41) is 3.01. The number of aryl methyl sites for hydroxylation is 1. The Morgan fingerprint density at radius 3 is 2.56 bits per heavy atom.